The molecule has 1 rings (SSSR count). The van der Waals surface area contributed by atoms with E-state index in [1.807, 2.05) is 30.3 Å². The summed E-state index contributed by atoms with van der Waals surface area (Å²) in [4.78, 5) is 11.9. The van der Waals surface area contributed by atoms with E-state index < -0.39 is 23.3 Å². The highest BCUT2D eigenvalue weighted by atomic mass is 16.6. The van der Waals surface area contributed by atoms with Crippen molar-refractivity contribution < 1.29 is 19.4 Å². The highest BCUT2D eigenvalue weighted by Crippen LogP contribution is 2.14. The van der Waals surface area contributed by atoms with E-state index in [-0.39, 0.29) is 6.61 Å². The van der Waals surface area contributed by atoms with Crippen molar-refractivity contribution in [1.29, 1.82) is 0 Å². The SMILES string of the molecule is C=CC(C)(O)[C@@H](COCc1ccccc1)NC(=O)OC(C)(C)C. The summed E-state index contributed by atoms with van der Waals surface area (Å²) < 4.78 is 10.8. The molecular weight excluding hydrogens is 294 g/mol. The Morgan fingerprint density at radius 1 is 1.30 bits per heavy atom. The van der Waals surface area contributed by atoms with Crippen molar-refractivity contribution in [3.05, 3.63) is 48.6 Å². The van der Waals surface area contributed by atoms with Gasteiger partial charge < -0.3 is 19.9 Å². The van der Waals surface area contributed by atoms with Crippen molar-refractivity contribution in [2.75, 3.05) is 6.61 Å². The van der Waals surface area contributed by atoms with Crippen LogP contribution in [0.25, 0.3) is 0 Å². The van der Waals surface area contributed by atoms with Crippen molar-refractivity contribution in [2.45, 2.75) is 51.5 Å². The fourth-order valence-corrected chi connectivity index (χ4v) is 1.82. The fourth-order valence-electron chi connectivity index (χ4n) is 1.82. The van der Waals surface area contributed by atoms with Gasteiger partial charge in [-0.1, -0.05) is 36.4 Å². The maximum atomic E-state index is 11.9. The molecule has 23 heavy (non-hydrogen) atoms. The molecule has 0 fully saturated rings. The van der Waals surface area contributed by atoms with Crippen LogP contribution in [0.5, 0.6) is 0 Å². The van der Waals surface area contributed by atoms with Crippen molar-refractivity contribution >= 4 is 6.09 Å². The first-order chi connectivity index (χ1) is 10.6. The molecule has 1 aromatic rings. The van der Waals surface area contributed by atoms with Crippen molar-refractivity contribution in [3.63, 3.8) is 0 Å². The second kappa shape index (κ2) is 8.13. The van der Waals surface area contributed by atoms with Crippen LogP contribution in [0.4, 0.5) is 4.79 Å². The fraction of sp³-hybridized carbons (Fsp3) is 0.500. The predicted octanol–water partition coefficient (Wildman–Crippen LogP) is 3.03. The van der Waals surface area contributed by atoms with E-state index >= 15 is 0 Å². The number of benzene rings is 1. The van der Waals surface area contributed by atoms with Gasteiger partial charge in [0, 0.05) is 0 Å². The van der Waals surface area contributed by atoms with Crippen LogP contribution < -0.4 is 5.32 Å². The number of alkyl carbamates (subject to hydrolysis) is 1. The van der Waals surface area contributed by atoms with Crippen LogP contribution in [0.2, 0.25) is 0 Å². The Balaban J connectivity index is 2.62. The molecule has 0 saturated heterocycles. The van der Waals surface area contributed by atoms with Gasteiger partial charge in [0.2, 0.25) is 0 Å². The lowest BCUT2D eigenvalue weighted by Gasteiger charge is -2.31. The zero-order valence-electron chi connectivity index (χ0n) is 14.3. The summed E-state index contributed by atoms with van der Waals surface area (Å²) in [6, 6.07) is 9.01. The van der Waals surface area contributed by atoms with Gasteiger partial charge in [0.25, 0.3) is 0 Å². The van der Waals surface area contributed by atoms with Crippen LogP contribution in [0.3, 0.4) is 0 Å². The summed E-state index contributed by atoms with van der Waals surface area (Å²) in [6.07, 6.45) is 0.772. The number of rotatable bonds is 7. The standard InChI is InChI=1S/C18H27NO4/c1-6-18(5,21)15(19-16(20)23-17(2,3)4)13-22-12-14-10-8-7-9-11-14/h6-11,15,21H,1,12-13H2,2-5H3,(H,19,20)/t15-,18?/m1/s1. The van der Waals surface area contributed by atoms with Gasteiger partial charge in [-0.2, -0.15) is 0 Å². The average Bonchev–Trinajstić information content (AvgIpc) is 2.45. The Bertz CT molecular complexity index is 506. The van der Waals surface area contributed by atoms with Gasteiger partial charge in [0.1, 0.15) is 11.2 Å². The molecule has 1 unspecified atom stereocenters. The molecular formula is C18H27NO4. The topological polar surface area (TPSA) is 67.8 Å². The molecule has 2 atom stereocenters. The van der Waals surface area contributed by atoms with Crippen LogP contribution in [-0.4, -0.2) is 35.1 Å². The smallest absolute Gasteiger partial charge is 0.408 e. The lowest BCUT2D eigenvalue weighted by molar-refractivity contribution is -0.00285. The Morgan fingerprint density at radius 3 is 2.43 bits per heavy atom. The molecule has 0 saturated carbocycles. The summed E-state index contributed by atoms with van der Waals surface area (Å²) in [5, 5.41) is 13.0. The summed E-state index contributed by atoms with van der Waals surface area (Å²) in [5.74, 6) is 0. The Morgan fingerprint density at radius 2 is 1.91 bits per heavy atom. The molecule has 0 heterocycles. The Labute approximate surface area is 138 Å². The first-order valence-corrected chi connectivity index (χ1v) is 7.61. The third-order valence-electron chi connectivity index (χ3n) is 3.21. The van der Waals surface area contributed by atoms with E-state index in [1.165, 1.54) is 6.08 Å². The van der Waals surface area contributed by atoms with Crippen LogP contribution in [0.1, 0.15) is 33.3 Å². The molecule has 1 aromatic carbocycles. The molecule has 0 spiro atoms. The molecule has 0 aliphatic carbocycles. The molecule has 0 aliphatic rings. The summed E-state index contributed by atoms with van der Waals surface area (Å²) in [7, 11) is 0. The molecule has 0 aromatic heterocycles. The van der Waals surface area contributed by atoms with Gasteiger partial charge >= 0.3 is 6.09 Å². The van der Waals surface area contributed by atoms with Gasteiger partial charge in [-0.15, -0.1) is 6.58 Å². The van der Waals surface area contributed by atoms with Crippen LogP contribution in [0, 0.1) is 0 Å². The minimum absolute atomic E-state index is 0.132. The van der Waals surface area contributed by atoms with Gasteiger partial charge in [0.15, 0.2) is 0 Å². The van der Waals surface area contributed by atoms with Gasteiger partial charge in [-0.3, -0.25) is 0 Å². The normalized spacial score (nSPS) is 15.3. The predicted molar refractivity (Wildman–Crippen MR) is 90.1 cm³/mol. The molecule has 0 bridgehead atoms. The molecule has 5 nitrogen and oxygen atoms in total. The first kappa shape index (κ1) is 19.2. The number of ether oxygens (including phenoxy) is 2. The first-order valence-electron chi connectivity index (χ1n) is 7.61. The number of carbonyl (C=O) groups excluding carboxylic acids is 1. The second-order valence-corrected chi connectivity index (χ2v) is 6.63. The molecule has 128 valence electrons. The minimum Gasteiger partial charge on any atom is -0.444 e. The number of carbonyl (C=O) groups is 1. The lowest BCUT2D eigenvalue weighted by atomic mass is 9.97. The van der Waals surface area contributed by atoms with E-state index in [2.05, 4.69) is 11.9 Å². The average molecular weight is 321 g/mol. The largest absolute Gasteiger partial charge is 0.444 e. The highest BCUT2D eigenvalue weighted by molar-refractivity contribution is 5.68. The van der Waals surface area contributed by atoms with Crippen LogP contribution >= 0.6 is 0 Å². The maximum Gasteiger partial charge on any atom is 0.408 e. The Hall–Kier alpha value is -1.85. The minimum atomic E-state index is -1.31. The lowest BCUT2D eigenvalue weighted by Crippen LogP contribution is -2.53. The molecule has 5 heteroatoms. The van der Waals surface area contributed by atoms with E-state index in [0.717, 1.165) is 5.56 Å². The maximum absolute atomic E-state index is 11.9. The summed E-state index contributed by atoms with van der Waals surface area (Å²) in [6.45, 7) is 11.0. The van der Waals surface area contributed by atoms with Crippen molar-refractivity contribution in [2.24, 2.45) is 0 Å². The molecule has 2 N–H and O–H groups in total. The van der Waals surface area contributed by atoms with Gasteiger partial charge in [0.05, 0.1) is 19.3 Å². The summed E-state index contributed by atoms with van der Waals surface area (Å²) >= 11 is 0. The second-order valence-electron chi connectivity index (χ2n) is 6.63. The Kier molecular flexibility index (Phi) is 6.79. The third kappa shape index (κ3) is 7.30. The number of hydrogen-bond donors (Lipinski definition) is 2. The molecule has 1 amide bonds. The van der Waals surface area contributed by atoms with Crippen molar-refractivity contribution in [1.82, 2.24) is 5.32 Å². The van der Waals surface area contributed by atoms with Gasteiger partial charge in [-0.05, 0) is 33.3 Å². The van der Waals surface area contributed by atoms with E-state index in [4.69, 9.17) is 9.47 Å². The van der Waals surface area contributed by atoms with E-state index in [0.29, 0.717) is 6.61 Å². The molecule has 0 radical (unpaired) electrons. The molecule has 0 aliphatic heterocycles. The number of hydrogen-bond acceptors (Lipinski definition) is 4. The summed E-state index contributed by atoms with van der Waals surface area (Å²) in [5.41, 5.74) is -0.908. The van der Waals surface area contributed by atoms with Crippen molar-refractivity contribution in [3.8, 4) is 0 Å². The quantitative estimate of drug-likeness (QED) is 0.758. The zero-order chi connectivity index (χ0) is 17.5. The number of aliphatic hydroxyl groups is 1. The monoisotopic (exact) mass is 321 g/mol. The van der Waals surface area contributed by atoms with Crippen LogP contribution in [-0.2, 0) is 16.1 Å². The third-order valence-corrected chi connectivity index (χ3v) is 3.21. The van der Waals surface area contributed by atoms with E-state index in [9.17, 15) is 9.90 Å². The number of amides is 1. The van der Waals surface area contributed by atoms with Crippen LogP contribution in [0.15, 0.2) is 43.0 Å². The highest BCUT2D eigenvalue weighted by Gasteiger charge is 2.32. The van der Waals surface area contributed by atoms with Gasteiger partial charge in [-0.25, -0.2) is 4.79 Å². The van der Waals surface area contributed by atoms with E-state index in [1.54, 1.807) is 27.7 Å². The number of nitrogens with one attached hydrogen (secondary N) is 1. The zero-order valence-corrected chi connectivity index (χ0v) is 14.3.